The van der Waals surface area contributed by atoms with Crippen LogP contribution in [0, 0.1) is 0 Å². The van der Waals surface area contributed by atoms with E-state index in [2.05, 4.69) is 45.3 Å². The molecule has 0 aliphatic carbocycles. The molecule has 0 atom stereocenters. The lowest BCUT2D eigenvalue weighted by atomic mass is 9.99. The van der Waals surface area contributed by atoms with Gasteiger partial charge in [-0.1, -0.05) is 6.92 Å². The Morgan fingerprint density at radius 1 is 1.09 bits per heavy atom. The van der Waals surface area contributed by atoms with E-state index >= 15 is 0 Å². The minimum absolute atomic E-state index is 0.0273. The average molecular weight is 158 g/mol. The zero-order chi connectivity index (χ0) is 9.12. The number of hydrogen-bond acceptors (Lipinski definition) is 2. The Hall–Kier alpha value is -0.0800. The lowest BCUT2D eigenvalue weighted by Crippen LogP contribution is -2.58. The van der Waals surface area contributed by atoms with Gasteiger partial charge in [-0.2, -0.15) is 0 Å². The fourth-order valence-corrected chi connectivity index (χ4v) is 0.997. The molecule has 2 heteroatoms. The second-order valence-electron chi connectivity index (χ2n) is 4.24. The molecule has 0 radical (unpaired) electrons. The van der Waals surface area contributed by atoms with Crippen LogP contribution < -0.4 is 10.6 Å². The maximum absolute atomic E-state index is 3.52. The molecule has 0 amide bonds. The molecule has 0 unspecified atom stereocenters. The largest absolute Gasteiger partial charge is 0.303 e. The van der Waals surface area contributed by atoms with Crippen molar-refractivity contribution in [3.8, 4) is 0 Å². The quantitative estimate of drug-likeness (QED) is 0.609. The van der Waals surface area contributed by atoms with Crippen molar-refractivity contribution >= 4 is 0 Å². The fraction of sp³-hybridized carbons (Fsp3) is 1.00. The first kappa shape index (κ1) is 10.9. The molecule has 0 heterocycles. The van der Waals surface area contributed by atoms with E-state index in [1.807, 2.05) is 7.05 Å². The van der Waals surface area contributed by atoms with E-state index in [1.165, 1.54) is 0 Å². The molecule has 2 N–H and O–H groups in total. The summed E-state index contributed by atoms with van der Waals surface area (Å²) >= 11 is 0. The highest BCUT2D eigenvalue weighted by molar-refractivity contribution is 4.84. The van der Waals surface area contributed by atoms with Crippen molar-refractivity contribution in [1.29, 1.82) is 0 Å². The van der Waals surface area contributed by atoms with Gasteiger partial charge < -0.3 is 5.32 Å². The number of hydrogen-bond donors (Lipinski definition) is 2. The Bertz CT molecular complexity index is 103. The number of nitrogens with one attached hydrogen (secondary N) is 2. The van der Waals surface area contributed by atoms with Gasteiger partial charge in [0.05, 0.1) is 5.66 Å². The van der Waals surface area contributed by atoms with Crippen LogP contribution >= 0.6 is 0 Å². The summed E-state index contributed by atoms with van der Waals surface area (Å²) in [6.45, 7) is 10.9. The van der Waals surface area contributed by atoms with Crippen molar-refractivity contribution in [3.63, 3.8) is 0 Å². The van der Waals surface area contributed by atoms with E-state index in [4.69, 9.17) is 0 Å². The van der Waals surface area contributed by atoms with Crippen LogP contribution in [0.5, 0.6) is 0 Å². The summed E-state index contributed by atoms with van der Waals surface area (Å²) in [7, 11) is 1.97. The first-order valence-electron chi connectivity index (χ1n) is 4.31. The molecule has 0 aromatic rings. The van der Waals surface area contributed by atoms with Gasteiger partial charge in [0.15, 0.2) is 0 Å². The molecule has 0 bridgehead atoms. The van der Waals surface area contributed by atoms with Crippen LogP contribution in [0.15, 0.2) is 0 Å². The van der Waals surface area contributed by atoms with Gasteiger partial charge in [-0.05, 0) is 41.2 Å². The van der Waals surface area contributed by atoms with E-state index in [0.717, 1.165) is 6.42 Å². The molecule has 11 heavy (non-hydrogen) atoms. The van der Waals surface area contributed by atoms with Crippen LogP contribution in [0.3, 0.4) is 0 Å². The smallest absolute Gasteiger partial charge is 0.0630 e. The Balaban J connectivity index is 4.02. The highest BCUT2D eigenvalue weighted by atomic mass is 15.2. The van der Waals surface area contributed by atoms with Crippen molar-refractivity contribution in [1.82, 2.24) is 10.6 Å². The maximum Gasteiger partial charge on any atom is 0.0630 e. The second kappa shape index (κ2) is 3.55. The van der Waals surface area contributed by atoms with Gasteiger partial charge in [0.1, 0.15) is 0 Å². The van der Waals surface area contributed by atoms with Crippen LogP contribution in [0.4, 0.5) is 0 Å². The molecule has 0 fully saturated rings. The molecule has 0 saturated heterocycles. The highest BCUT2D eigenvalue weighted by Crippen LogP contribution is 2.11. The van der Waals surface area contributed by atoms with Crippen molar-refractivity contribution in [3.05, 3.63) is 0 Å². The first-order valence-corrected chi connectivity index (χ1v) is 4.31. The highest BCUT2D eigenvalue weighted by Gasteiger charge is 2.23. The van der Waals surface area contributed by atoms with Crippen LogP contribution in [0.2, 0.25) is 0 Å². The van der Waals surface area contributed by atoms with Crippen LogP contribution in [-0.2, 0) is 0 Å². The Morgan fingerprint density at radius 2 is 1.55 bits per heavy atom. The third-order valence-corrected chi connectivity index (χ3v) is 2.16. The van der Waals surface area contributed by atoms with Crippen LogP contribution in [0.1, 0.15) is 41.0 Å². The van der Waals surface area contributed by atoms with Gasteiger partial charge in [0.2, 0.25) is 0 Å². The number of rotatable bonds is 4. The molecule has 0 spiro atoms. The normalized spacial score (nSPS) is 13.6. The molecule has 0 rings (SSSR count). The van der Waals surface area contributed by atoms with E-state index in [9.17, 15) is 0 Å². The molecule has 0 aromatic heterocycles. The van der Waals surface area contributed by atoms with Crippen LogP contribution in [-0.4, -0.2) is 18.2 Å². The molecular formula is C9H22N2. The van der Waals surface area contributed by atoms with E-state index in [0.29, 0.717) is 0 Å². The lowest BCUT2D eigenvalue weighted by molar-refractivity contribution is 0.229. The van der Waals surface area contributed by atoms with Gasteiger partial charge in [0.25, 0.3) is 0 Å². The minimum Gasteiger partial charge on any atom is -0.303 e. The third kappa shape index (κ3) is 4.38. The molecule has 0 aliphatic rings. The predicted octanol–water partition coefficient (Wildman–Crippen LogP) is 1.72. The molecular weight excluding hydrogens is 136 g/mol. The summed E-state index contributed by atoms with van der Waals surface area (Å²) in [6.07, 6.45) is 1.14. The van der Waals surface area contributed by atoms with E-state index in [1.54, 1.807) is 0 Å². The van der Waals surface area contributed by atoms with Gasteiger partial charge in [-0.3, -0.25) is 5.32 Å². The van der Waals surface area contributed by atoms with E-state index in [-0.39, 0.29) is 11.2 Å². The Kier molecular flexibility index (Phi) is 3.52. The molecule has 0 aromatic carbocycles. The van der Waals surface area contributed by atoms with Crippen molar-refractivity contribution in [2.75, 3.05) is 7.05 Å². The van der Waals surface area contributed by atoms with Crippen molar-refractivity contribution < 1.29 is 0 Å². The summed E-state index contributed by atoms with van der Waals surface area (Å²) in [6, 6.07) is 0. The zero-order valence-electron chi connectivity index (χ0n) is 8.71. The topological polar surface area (TPSA) is 24.1 Å². The van der Waals surface area contributed by atoms with Crippen LogP contribution in [0.25, 0.3) is 0 Å². The van der Waals surface area contributed by atoms with Crippen molar-refractivity contribution in [2.24, 2.45) is 0 Å². The zero-order valence-corrected chi connectivity index (χ0v) is 8.71. The maximum atomic E-state index is 3.52. The Labute approximate surface area is 70.8 Å². The van der Waals surface area contributed by atoms with Gasteiger partial charge in [-0.15, -0.1) is 0 Å². The predicted molar refractivity (Wildman–Crippen MR) is 50.6 cm³/mol. The molecule has 0 aliphatic heterocycles. The fourth-order valence-electron chi connectivity index (χ4n) is 0.997. The summed E-state index contributed by atoms with van der Waals surface area (Å²) in [4.78, 5) is 0. The third-order valence-electron chi connectivity index (χ3n) is 2.16. The SMILES string of the molecule is CCC(C)(C)NC(C)(C)NC. The monoisotopic (exact) mass is 158 g/mol. The van der Waals surface area contributed by atoms with E-state index < -0.39 is 0 Å². The summed E-state index contributed by atoms with van der Waals surface area (Å²) < 4.78 is 0. The van der Waals surface area contributed by atoms with Crippen molar-refractivity contribution in [2.45, 2.75) is 52.2 Å². The first-order chi connectivity index (χ1) is 4.83. The van der Waals surface area contributed by atoms with Gasteiger partial charge >= 0.3 is 0 Å². The second-order valence-corrected chi connectivity index (χ2v) is 4.24. The summed E-state index contributed by atoms with van der Waals surface area (Å²) in [5, 5.41) is 6.74. The standard InChI is InChI=1S/C9H22N2/c1-7-8(2,3)11-9(4,5)10-6/h10-11H,7H2,1-6H3. The molecule has 68 valence electrons. The summed E-state index contributed by atoms with van der Waals surface area (Å²) in [5.74, 6) is 0. The minimum atomic E-state index is 0.0273. The lowest BCUT2D eigenvalue weighted by Gasteiger charge is -2.36. The average Bonchev–Trinajstić information content (AvgIpc) is 1.86. The molecule has 2 nitrogen and oxygen atoms in total. The Morgan fingerprint density at radius 3 is 1.82 bits per heavy atom. The van der Waals surface area contributed by atoms with Gasteiger partial charge in [0, 0.05) is 5.54 Å². The summed E-state index contributed by atoms with van der Waals surface area (Å²) in [5.41, 5.74) is 0.242. The van der Waals surface area contributed by atoms with Gasteiger partial charge in [-0.25, -0.2) is 0 Å². The molecule has 0 saturated carbocycles.